The number of carbonyl (C=O) groups excluding carboxylic acids is 2. The molecule has 4 aromatic carbocycles. The first-order chi connectivity index (χ1) is 19.4. The predicted molar refractivity (Wildman–Crippen MR) is 147 cm³/mol. The Kier molecular flexibility index (Phi) is 9.55. The number of hydrogen-bond donors (Lipinski definition) is 4. The van der Waals surface area contributed by atoms with Crippen molar-refractivity contribution in [2.75, 3.05) is 21.3 Å². The number of ether oxygens (including phenoxy) is 3. The van der Waals surface area contributed by atoms with E-state index in [1.54, 1.807) is 30.3 Å². The van der Waals surface area contributed by atoms with Gasteiger partial charge in [0, 0.05) is 23.8 Å². The molecule has 0 spiro atoms. The Morgan fingerprint density at radius 3 is 1.51 bits per heavy atom. The molecule has 0 fully saturated rings. The highest BCUT2D eigenvalue weighted by atomic mass is 32.2. The van der Waals surface area contributed by atoms with Gasteiger partial charge in [-0.15, -0.1) is 0 Å². The van der Waals surface area contributed by atoms with Crippen molar-refractivity contribution in [1.82, 2.24) is 0 Å². The summed E-state index contributed by atoms with van der Waals surface area (Å²) in [6.07, 6.45) is 0. The van der Waals surface area contributed by atoms with E-state index in [4.69, 9.17) is 18.8 Å². The lowest BCUT2D eigenvalue weighted by atomic mass is 10.0. The smallest absolute Gasteiger partial charge is 0.298 e. The maximum absolute atomic E-state index is 12.3. The number of hydrogen-bond acceptors (Lipinski definition) is 10. The average Bonchev–Trinajstić information content (AvgIpc) is 2.96. The lowest BCUT2D eigenvalue weighted by Gasteiger charge is -2.10. The van der Waals surface area contributed by atoms with E-state index < -0.39 is 32.3 Å². The number of phenols is 3. The number of carbonyl (C=O) groups is 2. The lowest BCUT2D eigenvalue weighted by Crippen LogP contribution is -2.07. The molecule has 0 aliphatic rings. The summed E-state index contributed by atoms with van der Waals surface area (Å²) in [7, 11) is -0.478. The fourth-order valence-corrected chi connectivity index (χ4v) is 4.31. The molecule has 0 aromatic heterocycles. The number of ketones is 2. The van der Waals surface area contributed by atoms with Crippen molar-refractivity contribution in [2.24, 2.45) is 0 Å². The highest BCUT2D eigenvalue weighted by Crippen LogP contribution is 2.33. The molecule has 12 heteroatoms. The van der Waals surface area contributed by atoms with Crippen molar-refractivity contribution in [1.29, 1.82) is 0 Å². The van der Waals surface area contributed by atoms with E-state index in [1.807, 2.05) is 0 Å². The molecule has 214 valence electrons. The zero-order chi connectivity index (χ0) is 30.3. The van der Waals surface area contributed by atoms with Gasteiger partial charge < -0.3 is 29.5 Å². The molecule has 0 saturated heterocycles. The van der Waals surface area contributed by atoms with Gasteiger partial charge in [-0.3, -0.25) is 14.1 Å². The first-order valence-electron chi connectivity index (χ1n) is 11.7. The second-order valence-corrected chi connectivity index (χ2v) is 9.68. The summed E-state index contributed by atoms with van der Waals surface area (Å²) >= 11 is 0. The molecule has 0 radical (unpaired) electrons. The van der Waals surface area contributed by atoms with Crippen LogP contribution in [0.15, 0.2) is 83.8 Å². The second kappa shape index (κ2) is 12.9. The molecule has 4 N–H and O–H groups in total. The Morgan fingerprint density at radius 2 is 1.10 bits per heavy atom. The summed E-state index contributed by atoms with van der Waals surface area (Å²) in [5, 5.41) is 29.5. The van der Waals surface area contributed by atoms with Gasteiger partial charge in [0.2, 0.25) is 0 Å². The Bertz CT molecular complexity index is 1630. The maximum Gasteiger partial charge on any atom is 0.298 e. The third-order valence-corrected chi connectivity index (χ3v) is 6.61. The van der Waals surface area contributed by atoms with Gasteiger partial charge in [0.05, 0.1) is 38.0 Å². The van der Waals surface area contributed by atoms with Crippen LogP contribution in [-0.2, 0) is 10.1 Å². The number of aromatic hydroxyl groups is 3. The van der Waals surface area contributed by atoms with E-state index in [-0.39, 0.29) is 39.5 Å². The molecule has 0 atom stereocenters. The van der Waals surface area contributed by atoms with Crippen LogP contribution in [0, 0.1) is 0 Å². The van der Waals surface area contributed by atoms with Crippen LogP contribution >= 0.6 is 0 Å². The van der Waals surface area contributed by atoms with E-state index >= 15 is 0 Å². The number of rotatable bonds is 8. The van der Waals surface area contributed by atoms with Gasteiger partial charge in [-0.25, -0.2) is 0 Å². The van der Waals surface area contributed by atoms with Crippen LogP contribution in [0.2, 0.25) is 0 Å². The van der Waals surface area contributed by atoms with Gasteiger partial charge in [-0.1, -0.05) is 30.3 Å². The fourth-order valence-electron chi connectivity index (χ4n) is 3.64. The first-order valence-corrected chi connectivity index (χ1v) is 13.1. The molecule has 0 aliphatic heterocycles. The summed E-state index contributed by atoms with van der Waals surface area (Å²) in [5.74, 6) is -1.26. The van der Waals surface area contributed by atoms with Crippen LogP contribution in [0.5, 0.6) is 34.5 Å². The number of methoxy groups -OCH3 is 3. The largest absolute Gasteiger partial charge is 0.507 e. The molecule has 0 amide bonds. The standard InChI is InChI=1S/C15H14O5.C14H12O6S/c1-19-9-3-5-11(13(16)7-9)15(18)12-6-4-10(20-2)8-14(12)17;1-20-12-8-11(15)10(7-13(12)21(17,18)19)14(16)9-5-3-2-4-6-9/h3-8,16-17H,1-2H3;2-8,15H,1H3,(H,17,18,19). The predicted octanol–water partition coefficient (Wildman–Crippen LogP) is 4.22. The topological polar surface area (TPSA) is 177 Å². The molecular formula is C29H26O11S. The first kappa shape index (κ1) is 30.5. The molecule has 4 aromatic rings. The molecule has 41 heavy (non-hydrogen) atoms. The minimum atomic E-state index is -4.59. The Hall–Kier alpha value is -5.07. The van der Waals surface area contributed by atoms with Gasteiger partial charge in [0.25, 0.3) is 10.1 Å². The summed E-state index contributed by atoms with van der Waals surface area (Å²) in [6, 6.07) is 18.6. The van der Waals surface area contributed by atoms with Crippen LogP contribution in [0.3, 0.4) is 0 Å². The molecule has 0 aliphatic carbocycles. The minimum Gasteiger partial charge on any atom is -0.507 e. The van der Waals surface area contributed by atoms with Crippen LogP contribution in [-0.4, -0.2) is 61.2 Å². The van der Waals surface area contributed by atoms with Gasteiger partial charge >= 0.3 is 0 Å². The van der Waals surface area contributed by atoms with Crippen LogP contribution in [0.4, 0.5) is 0 Å². The van der Waals surface area contributed by atoms with Crippen molar-refractivity contribution in [3.63, 3.8) is 0 Å². The molecule has 0 unspecified atom stereocenters. The molecule has 4 rings (SSSR count). The zero-order valence-corrected chi connectivity index (χ0v) is 22.9. The molecule has 11 nitrogen and oxygen atoms in total. The number of phenolic OH excluding ortho intramolecular Hbond substituents is 3. The van der Waals surface area contributed by atoms with E-state index in [0.717, 1.165) is 12.1 Å². The Balaban J connectivity index is 0.000000226. The summed E-state index contributed by atoms with van der Waals surface area (Å²) in [4.78, 5) is 24.0. The normalized spacial score (nSPS) is 10.6. The van der Waals surface area contributed by atoms with Gasteiger partial charge in [0.1, 0.15) is 39.4 Å². The van der Waals surface area contributed by atoms with Crippen molar-refractivity contribution in [2.45, 2.75) is 4.90 Å². The molecular weight excluding hydrogens is 556 g/mol. The molecule has 0 bridgehead atoms. The highest BCUT2D eigenvalue weighted by Gasteiger charge is 2.23. The Labute approximate surface area is 235 Å². The molecule has 0 saturated carbocycles. The minimum absolute atomic E-state index is 0.0891. The van der Waals surface area contributed by atoms with Crippen molar-refractivity contribution in [3.8, 4) is 34.5 Å². The quantitative estimate of drug-likeness (QED) is 0.173. The van der Waals surface area contributed by atoms with E-state index in [2.05, 4.69) is 0 Å². The lowest BCUT2D eigenvalue weighted by molar-refractivity contribution is 0.102. The Morgan fingerprint density at radius 1 is 0.610 bits per heavy atom. The van der Waals surface area contributed by atoms with E-state index in [0.29, 0.717) is 11.5 Å². The van der Waals surface area contributed by atoms with Gasteiger partial charge in [-0.05, 0) is 30.3 Å². The summed E-state index contributed by atoms with van der Waals surface area (Å²) < 4.78 is 46.5. The van der Waals surface area contributed by atoms with E-state index in [1.165, 1.54) is 57.7 Å². The van der Waals surface area contributed by atoms with Crippen LogP contribution in [0.25, 0.3) is 0 Å². The van der Waals surface area contributed by atoms with Gasteiger partial charge in [0.15, 0.2) is 11.6 Å². The summed E-state index contributed by atoms with van der Waals surface area (Å²) in [5.41, 5.74) is 0.214. The average molecular weight is 583 g/mol. The van der Waals surface area contributed by atoms with E-state index in [9.17, 15) is 33.3 Å². The highest BCUT2D eigenvalue weighted by molar-refractivity contribution is 7.86. The third-order valence-electron chi connectivity index (χ3n) is 5.74. The van der Waals surface area contributed by atoms with Gasteiger partial charge in [-0.2, -0.15) is 8.42 Å². The van der Waals surface area contributed by atoms with Crippen LogP contribution < -0.4 is 14.2 Å². The summed E-state index contributed by atoms with van der Waals surface area (Å²) in [6.45, 7) is 0. The van der Waals surface area contributed by atoms with Crippen molar-refractivity contribution in [3.05, 3.63) is 101 Å². The molecule has 0 heterocycles. The maximum atomic E-state index is 12.3. The second-order valence-electron chi connectivity index (χ2n) is 8.29. The third kappa shape index (κ3) is 7.12. The fraction of sp³-hybridized carbons (Fsp3) is 0.103. The zero-order valence-electron chi connectivity index (χ0n) is 22.1. The SMILES string of the molecule is COc1cc(O)c(C(=O)c2ccccc2)cc1S(=O)(=O)O.COc1ccc(C(=O)c2ccc(OC)cc2O)c(O)c1. The van der Waals surface area contributed by atoms with Crippen molar-refractivity contribution >= 4 is 21.7 Å². The van der Waals surface area contributed by atoms with Crippen molar-refractivity contribution < 1.29 is 52.1 Å². The van der Waals surface area contributed by atoms with Crippen LogP contribution in [0.1, 0.15) is 31.8 Å². The monoisotopic (exact) mass is 582 g/mol. The number of benzene rings is 4.